The van der Waals surface area contributed by atoms with Crippen LogP contribution in [0.4, 0.5) is 5.82 Å². The van der Waals surface area contributed by atoms with E-state index in [1.807, 2.05) is 12.1 Å². The molecule has 1 aromatic carbocycles. The van der Waals surface area contributed by atoms with Crippen LogP contribution in [0.1, 0.15) is 17.9 Å². The predicted octanol–water partition coefficient (Wildman–Crippen LogP) is 2.36. The molecular formula is C16H17N5O. The summed E-state index contributed by atoms with van der Waals surface area (Å²) in [5.74, 6) is 2.37. The van der Waals surface area contributed by atoms with Crippen LogP contribution >= 0.6 is 0 Å². The number of benzene rings is 1. The minimum atomic E-state index is 0.452. The second-order valence-corrected chi connectivity index (χ2v) is 5.50. The van der Waals surface area contributed by atoms with E-state index in [1.165, 1.54) is 5.56 Å². The zero-order valence-corrected chi connectivity index (χ0v) is 12.4. The van der Waals surface area contributed by atoms with Crippen molar-refractivity contribution in [1.82, 2.24) is 20.2 Å². The number of nitrogens with zero attached hydrogens (tertiary/aromatic N) is 4. The summed E-state index contributed by atoms with van der Waals surface area (Å²) in [7, 11) is 1.73. The molecule has 0 spiro atoms. The van der Waals surface area contributed by atoms with Crippen LogP contribution < -0.4 is 9.64 Å². The Kier molecular flexibility index (Phi) is 3.14. The molecule has 0 radical (unpaired) electrons. The summed E-state index contributed by atoms with van der Waals surface area (Å²) in [6.45, 7) is 1.90. The van der Waals surface area contributed by atoms with E-state index in [-0.39, 0.29) is 0 Å². The van der Waals surface area contributed by atoms with Crippen LogP contribution in [0, 0.1) is 0 Å². The smallest absolute Gasteiger partial charge is 0.160 e. The molecule has 6 heteroatoms. The van der Waals surface area contributed by atoms with Crippen molar-refractivity contribution in [3.63, 3.8) is 0 Å². The maximum atomic E-state index is 5.50. The van der Waals surface area contributed by atoms with Crippen LogP contribution in [-0.2, 0) is 0 Å². The molecular weight excluding hydrogens is 278 g/mol. The molecule has 0 saturated carbocycles. The molecule has 4 rings (SSSR count). The molecule has 1 fully saturated rings. The Morgan fingerprint density at radius 1 is 1.27 bits per heavy atom. The van der Waals surface area contributed by atoms with Gasteiger partial charge >= 0.3 is 0 Å². The summed E-state index contributed by atoms with van der Waals surface area (Å²) in [5.41, 5.74) is 2.05. The number of fused-ring (bicyclic) bond motifs is 1. The Morgan fingerprint density at radius 2 is 2.18 bits per heavy atom. The van der Waals surface area contributed by atoms with Gasteiger partial charge in [-0.15, -0.1) is 0 Å². The Balaban J connectivity index is 1.64. The lowest BCUT2D eigenvalue weighted by Gasteiger charge is -2.19. The van der Waals surface area contributed by atoms with E-state index in [2.05, 4.69) is 37.2 Å². The monoisotopic (exact) mass is 295 g/mol. The Morgan fingerprint density at radius 3 is 3.09 bits per heavy atom. The fraction of sp³-hybridized carbons (Fsp3) is 0.312. The van der Waals surface area contributed by atoms with E-state index < -0.39 is 0 Å². The number of aromatic nitrogens is 4. The highest BCUT2D eigenvalue weighted by molar-refractivity contribution is 5.86. The van der Waals surface area contributed by atoms with Crippen molar-refractivity contribution in [2.75, 3.05) is 25.1 Å². The van der Waals surface area contributed by atoms with Crippen molar-refractivity contribution in [2.45, 2.75) is 12.3 Å². The fourth-order valence-electron chi connectivity index (χ4n) is 3.21. The average Bonchev–Trinajstić information content (AvgIpc) is 3.23. The number of anilines is 1. The van der Waals surface area contributed by atoms with Crippen molar-refractivity contribution in [3.8, 4) is 5.75 Å². The molecule has 3 heterocycles. The molecule has 6 nitrogen and oxygen atoms in total. The number of ether oxygens (including phenoxy) is 1. The molecule has 0 aliphatic carbocycles. The lowest BCUT2D eigenvalue weighted by atomic mass is 9.97. The van der Waals surface area contributed by atoms with Gasteiger partial charge in [-0.3, -0.25) is 5.10 Å². The largest absolute Gasteiger partial charge is 0.496 e. The van der Waals surface area contributed by atoms with Gasteiger partial charge in [0.2, 0.25) is 0 Å². The van der Waals surface area contributed by atoms with Gasteiger partial charge in [0.1, 0.15) is 17.9 Å². The summed E-state index contributed by atoms with van der Waals surface area (Å²) in [4.78, 5) is 11.0. The first-order valence-electron chi connectivity index (χ1n) is 7.39. The van der Waals surface area contributed by atoms with E-state index >= 15 is 0 Å². The quantitative estimate of drug-likeness (QED) is 0.803. The first kappa shape index (κ1) is 13.1. The number of methoxy groups -OCH3 is 1. The third-order valence-electron chi connectivity index (χ3n) is 4.29. The van der Waals surface area contributed by atoms with Crippen LogP contribution in [-0.4, -0.2) is 40.4 Å². The lowest BCUT2D eigenvalue weighted by molar-refractivity contribution is 0.406. The summed E-state index contributed by atoms with van der Waals surface area (Å²) >= 11 is 0. The van der Waals surface area contributed by atoms with E-state index in [0.29, 0.717) is 5.92 Å². The van der Waals surface area contributed by atoms with Gasteiger partial charge in [-0.05, 0) is 18.1 Å². The molecule has 22 heavy (non-hydrogen) atoms. The summed E-state index contributed by atoms with van der Waals surface area (Å²) in [6, 6.07) is 8.26. The van der Waals surface area contributed by atoms with Gasteiger partial charge < -0.3 is 9.64 Å². The zero-order valence-electron chi connectivity index (χ0n) is 12.4. The van der Waals surface area contributed by atoms with Crippen LogP contribution in [0.2, 0.25) is 0 Å². The molecule has 112 valence electrons. The van der Waals surface area contributed by atoms with Gasteiger partial charge in [0, 0.05) is 19.0 Å². The topological polar surface area (TPSA) is 66.9 Å². The number of para-hydroxylation sites is 1. The molecule has 1 aliphatic heterocycles. The zero-order chi connectivity index (χ0) is 14.9. The molecule has 1 N–H and O–H groups in total. The van der Waals surface area contributed by atoms with Gasteiger partial charge in [0.25, 0.3) is 0 Å². The Bertz CT molecular complexity index is 800. The van der Waals surface area contributed by atoms with Gasteiger partial charge in [-0.2, -0.15) is 5.10 Å². The fourth-order valence-corrected chi connectivity index (χ4v) is 3.21. The maximum Gasteiger partial charge on any atom is 0.160 e. The highest BCUT2D eigenvalue weighted by atomic mass is 16.5. The second-order valence-electron chi connectivity index (χ2n) is 5.50. The van der Waals surface area contributed by atoms with Crippen LogP contribution in [0.3, 0.4) is 0 Å². The van der Waals surface area contributed by atoms with Gasteiger partial charge in [-0.1, -0.05) is 18.2 Å². The standard InChI is InChI=1S/C16H17N5O/c1-22-14-5-3-2-4-12(14)11-6-7-21(9-11)16-13-8-19-20-15(13)17-10-18-16/h2-5,8,10-11H,6-7,9H2,1H3,(H,17,18,19,20). The van der Waals surface area contributed by atoms with Crippen LogP contribution in [0.5, 0.6) is 5.75 Å². The van der Waals surface area contributed by atoms with E-state index in [0.717, 1.165) is 42.1 Å². The van der Waals surface area contributed by atoms with Crippen molar-refractivity contribution < 1.29 is 4.74 Å². The van der Waals surface area contributed by atoms with Crippen LogP contribution in [0.15, 0.2) is 36.8 Å². The number of hydrogen-bond donors (Lipinski definition) is 1. The molecule has 2 aromatic heterocycles. The summed E-state index contributed by atoms with van der Waals surface area (Å²) in [6.07, 6.45) is 4.47. The van der Waals surface area contributed by atoms with Crippen molar-refractivity contribution in [1.29, 1.82) is 0 Å². The normalized spacial score (nSPS) is 18.0. The highest BCUT2D eigenvalue weighted by Crippen LogP contribution is 2.36. The predicted molar refractivity (Wildman–Crippen MR) is 84.2 cm³/mol. The molecule has 3 aromatic rings. The summed E-state index contributed by atoms with van der Waals surface area (Å²) < 4.78 is 5.50. The third-order valence-corrected chi connectivity index (χ3v) is 4.29. The van der Waals surface area contributed by atoms with Crippen molar-refractivity contribution in [3.05, 3.63) is 42.4 Å². The second kappa shape index (κ2) is 5.29. The average molecular weight is 295 g/mol. The van der Waals surface area contributed by atoms with E-state index in [9.17, 15) is 0 Å². The third kappa shape index (κ3) is 2.07. The molecule has 1 aliphatic rings. The first-order valence-corrected chi connectivity index (χ1v) is 7.39. The Labute approximate surface area is 128 Å². The molecule has 0 bridgehead atoms. The molecule has 1 unspecified atom stereocenters. The van der Waals surface area contributed by atoms with Crippen LogP contribution in [0.25, 0.3) is 11.0 Å². The molecule has 1 atom stereocenters. The molecule has 1 saturated heterocycles. The van der Waals surface area contributed by atoms with Crippen molar-refractivity contribution in [2.24, 2.45) is 0 Å². The van der Waals surface area contributed by atoms with E-state index in [1.54, 1.807) is 19.6 Å². The van der Waals surface area contributed by atoms with Crippen molar-refractivity contribution >= 4 is 16.9 Å². The van der Waals surface area contributed by atoms with E-state index in [4.69, 9.17) is 4.74 Å². The lowest BCUT2D eigenvalue weighted by Crippen LogP contribution is -2.20. The number of H-pyrrole nitrogens is 1. The number of aromatic amines is 1. The first-order chi connectivity index (χ1) is 10.9. The SMILES string of the molecule is COc1ccccc1C1CCN(c2ncnc3[nH]ncc23)C1. The maximum absolute atomic E-state index is 5.50. The molecule has 0 amide bonds. The minimum absolute atomic E-state index is 0.452. The number of hydrogen-bond acceptors (Lipinski definition) is 5. The minimum Gasteiger partial charge on any atom is -0.496 e. The Hall–Kier alpha value is -2.63. The van der Waals surface area contributed by atoms with Gasteiger partial charge in [-0.25, -0.2) is 9.97 Å². The number of nitrogens with one attached hydrogen (secondary N) is 1. The highest BCUT2D eigenvalue weighted by Gasteiger charge is 2.28. The van der Waals surface area contributed by atoms with Gasteiger partial charge in [0.15, 0.2) is 5.65 Å². The van der Waals surface area contributed by atoms with Gasteiger partial charge in [0.05, 0.1) is 18.7 Å². The number of rotatable bonds is 3. The summed E-state index contributed by atoms with van der Waals surface area (Å²) in [5, 5.41) is 7.94.